The Labute approximate surface area is 181 Å². The molecule has 0 unspecified atom stereocenters. The summed E-state index contributed by atoms with van der Waals surface area (Å²) >= 11 is 0. The molecule has 31 heavy (non-hydrogen) atoms. The van der Waals surface area contributed by atoms with E-state index in [9.17, 15) is 14.4 Å². The molecule has 3 rings (SSSR count). The lowest BCUT2D eigenvalue weighted by molar-refractivity contribution is -0.116. The Morgan fingerprint density at radius 1 is 0.806 bits per heavy atom. The van der Waals surface area contributed by atoms with E-state index in [0.29, 0.717) is 11.4 Å². The van der Waals surface area contributed by atoms with Gasteiger partial charge in [0.2, 0.25) is 5.91 Å². The minimum atomic E-state index is -0.420. The van der Waals surface area contributed by atoms with Crippen molar-refractivity contribution in [3.63, 3.8) is 0 Å². The van der Waals surface area contributed by atoms with E-state index in [-0.39, 0.29) is 30.1 Å². The third-order valence-electron chi connectivity index (χ3n) is 5.21. The predicted octanol–water partition coefficient (Wildman–Crippen LogP) is 3.76. The molecule has 1 aromatic heterocycles. The van der Waals surface area contributed by atoms with E-state index in [1.165, 1.54) is 12.1 Å². The van der Waals surface area contributed by atoms with Gasteiger partial charge in [0.1, 0.15) is 5.69 Å². The fourth-order valence-electron chi connectivity index (χ4n) is 2.99. The summed E-state index contributed by atoms with van der Waals surface area (Å²) in [5.41, 5.74) is 5.50. The van der Waals surface area contributed by atoms with Crippen LogP contribution in [0.3, 0.4) is 0 Å². The number of nitrogens with zero attached hydrogens (tertiary/aromatic N) is 2. The van der Waals surface area contributed by atoms with Crippen LogP contribution in [0, 0.1) is 27.7 Å². The first-order chi connectivity index (χ1) is 14.7. The average Bonchev–Trinajstić information content (AvgIpc) is 2.73. The quantitative estimate of drug-likeness (QED) is 0.637. The molecule has 160 valence electrons. The zero-order chi connectivity index (χ0) is 22.5. The van der Waals surface area contributed by atoms with E-state index in [4.69, 9.17) is 0 Å². The summed E-state index contributed by atoms with van der Waals surface area (Å²) in [6, 6.07) is 13.9. The summed E-state index contributed by atoms with van der Waals surface area (Å²) in [4.78, 5) is 36.9. The largest absolute Gasteiger partial charge is 0.326 e. The van der Waals surface area contributed by atoms with Gasteiger partial charge in [0.05, 0.1) is 6.54 Å². The topological polar surface area (TPSA) is 93.1 Å². The van der Waals surface area contributed by atoms with Gasteiger partial charge in [-0.25, -0.2) is 4.68 Å². The van der Waals surface area contributed by atoms with Crippen molar-refractivity contribution in [2.45, 2.75) is 40.7 Å². The number of anilines is 2. The van der Waals surface area contributed by atoms with E-state index in [1.54, 1.807) is 0 Å². The third-order valence-corrected chi connectivity index (χ3v) is 5.21. The standard InChI is InChI=1S/C24H26N4O3/c1-15-5-7-19(13-17(15)3)25-22(29)11-12-28-23(30)10-9-21(27-28)24(31)26-20-8-6-16(2)18(4)14-20/h5-10,13-14H,11-12H2,1-4H3,(H,25,29)(H,26,31). The Kier molecular flexibility index (Phi) is 6.65. The van der Waals surface area contributed by atoms with Gasteiger partial charge in [-0.1, -0.05) is 12.1 Å². The molecule has 2 aromatic carbocycles. The van der Waals surface area contributed by atoms with Crippen molar-refractivity contribution in [3.8, 4) is 0 Å². The zero-order valence-corrected chi connectivity index (χ0v) is 18.2. The normalized spacial score (nSPS) is 10.6. The second-order valence-corrected chi connectivity index (χ2v) is 7.63. The molecule has 2 amide bonds. The first-order valence-corrected chi connectivity index (χ1v) is 10.1. The maximum Gasteiger partial charge on any atom is 0.276 e. The molecule has 0 aliphatic carbocycles. The lowest BCUT2D eigenvalue weighted by Crippen LogP contribution is -2.28. The predicted molar refractivity (Wildman–Crippen MR) is 122 cm³/mol. The second kappa shape index (κ2) is 9.38. The summed E-state index contributed by atoms with van der Waals surface area (Å²) in [5, 5.41) is 9.73. The fraction of sp³-hybridized carbons (Fsp3) is 0.250. The zero-order valence-electron chi connectivity index (χ0n) is 18.2. The minimum absolute atomic E-state index is 0.0576. The number of amides is 2. The summed E-state index contributed by atoms with van der Waals surface area (Å²) in [6.07, 6.45) is 0.0576. The number of hydrogen-bond donors (Lipinski definition) is 2. The molecule has 0 spiro atoms. The molecule has 7 heteroatoms. The summed E-state index contributed by atoms with van der Waals surface area (Å²) in [6.45, 7) is 8.01. The van der Waals surface area contributed by atoms with Crippen LogP contribution >= 0.6 is 0 Å². The van der Waals surface area contributed by atoms with Crippen LogP contribution < -0.4 is 16.2 Å². The molecule has 0 aliphatic heterocycles. The van der Waals surface area contributed by atoms with Crippen LogP contribution in [0.2, 0.25) is 0 Å². The van der Waals surface area contributed by atoms with E-state index in [2.05, 4.69) is 15.7 Å². The highest BCUT2D eigenvalue weighted by atomic mass is 16.2. The van der Waals surface area contributed by atoms with Crippen LogP contribution in [0.25, 0.3) is 0 Å². The SMILES string of the molecule is Cc1ccc(NC(=O)CCn2nc(C(=O)Nc3ccc(C)c(C)c3)ccc2=O)cc1C. The van der Waals surface area contributed by atoms with Gasteiger partial charge in [-0.3, -0.25) is 14.4 Å². The lowest BCUT2D eigenvalue weighted by atomic mass is 10.1. The smallest absolute Gasteiger partial charge is 0.276 e. The van der Waals surface area contributed by atoms with E-state index in [0.717, 1.165) is 26.9 Å². The molecule has 0 fully saturated rings. The number of carbonyl (C=O) groups is 2. The van der Waals surface area contributed by atoms with Crippen molar-refractivity contribution in [3.05, 3.63) is 86.8 Å². The van der Waals surface area contributed by atoms with E-state index in [1.807, 2.05) is 64.1 Å². The van der Waals surface area contributed by atoms with Gasteiger partial charge in [0.25, 0.3) is 11.5 Å². The van der Waals surface area contributed by atoms with E-state index >= 15 is 0 Å². The van der Waals surface area contributed by atoms with Crippen LogP contribution in [0.1, 0.15) is 39.2 Å². The van der Waals surface area contributed by atoms with Crippen molar-refractivity contribution >= 4 is 23.2 Å². The van der Waals surface area contributed by atoms with Crippen LogP contribution in [-0.4, -0.2) is 21.6 Å². The molecule has 2 N–H and O–H groups in total. The number of carbonyl (C=O) groups excluding carboxylic acids is 2. The van der Waals surface area contributed by atoms with Crippen molar-refractivity contribution in [2.24, 2.45) is 0 Å². The van der Waals surface area contributed by atoms with Crippen molar-refractivity contribution in [1.82, 2.24) is 9.78 Å². The minimum Gasteiger partial charge on any atom is -0.326 e. The fourth-order valence-corrected chi connectivity index (χ4v) is 2.99. The number of hydrogen-bond acceptors (Lipinski definition) is 4. The second-order valence-electron chi connectivity index (χ2n) is 7.63. The van der Waals surface area contributed by atoms with Crippen molar-refractivity contribution < 1.29 is 9.59 Å². The number of aromatic nitrogens is 2. The van der Waals surface area contributed by atoms with E-state index < -0.39 is 5.91 Å². The molecule has 7 nitrogen and oxygen atoms in total. The highest BCUT2D eigenvalue weighted by Crippen LogP contribution is 2.15. The molecular weight excluding hydrogens is 392 g/mol. The molecule has 0 aliphatic rings. The van der Waals surface area contributed by atoms with Gasteiger partial charge >= 0.3 is 0 Å². The van der Waals surface area contributed by atoms with Gasteiger partial charge in [-0.05, 0) is 80.3 Å². The number of benzene rings is 2. The molecule has 0 radical (unpaired) electrons. The van der Waals surface area contributed by atoms with Gasteiger partial charge in [-0.15, -0.1) is 0 Å². The lowest BCUT2D eigenvalue weighted by Gasteiger charge is -2.10. The Balaban J connectivity index is 1.65. The summed E-state index contributed by atoms with van der Waals surface area (Å²) in [7, 11) is 0. The third kappa shape index (κ3) is 5.66. The van der Waals surface area contributed by atoms with Crippen LogP contribution in [0.4, 0.5) is 11.4 Å². The molecule has 1 heterocycles. The van der Waals surface area contributed by atoms with Crippen molar-refractivity contribution in [2.75, 3.05) is 10.6 Å². The first-order valence-electron chi connectivity index (χ1n) is 10.1. The monoisotopic (exact) mass is 418 g/mol. The summed E-state index contributed by atoms with van der Waals surface area (Å²) < 4.78 is 1.13. The highest BCUT2D eigenvalue weighted by Gasteiger charge is 2.12. The number of nitrogens with one attached hydrogen (secondary N) is 2. The number of aryl methyl sites for hydroxylation is 5. The first kappa shape index (κ1) is 22.0. The van der Waals surface area contributed by atoms with Crippen molar-refractivity contribution in [1.29, 1.82) is 0 Å². The number of rotatable bonds is 6. The molecule has 0 bridgehead atoms. The molecule has 0 saturated carbocycles. The summed E-state index contributed by atoms with van der Waals surface area (Å²) in [5.74, 6) is -0.654. The van der Waals surface area contributed by atoms with Gasteiger partial charge in [0, 0.05) is 23.9 Å². The highest BCUT2D eigenvalue weighted by molar-refractivity contribution is 6.02. The maximum atomic E-state index is 12.5. The van der Waals surface area contributed by atoms with Crippen LogP contribution in [-0.2, 0) is 11.3 Å². The Morgan fingerprint density at radius 2 is 1.39 bits per heavy atom. The van der Waals surface area contributed by atoms with Gasteiger partial charge in [0.15, 0.2) is 0 Å². The molecule has 3 aromatic rings. The van der Waals surface area contributed by atoms with Gasteiger partial charge < -0.3 is 10.6 Å². The Bertz CT molecular complexity index is 1200. The molecule has 0 saturated heterocycles. The average molecular weight is 418 g/mol. The van der Waals surface area contributed by atoms with Crippen LogP contribution in [0.15, 0.2) is 53.3 Å². The van der Waals surface area contributed by atoms with Crippen LogP contribution in [0.5, 0.6) is 0 Å². The maximum absolute atomic E-state index is 12.5. The Hall–Kier alpha value is -3.74. The molecule has 0 atom stereocenters. The Morgan fingerprint density at radius 3 is 1.97 bits per heavy atom. The van der Waals surface area contributed by atoms with Gasteiger partial charge in [-0.2, -0.15) is 5.10 Å². The molecular formula is C24H26N4O3.